The molecule has 0 amide bonds. The van der Waals surface area contributed by atoms with Gasteiger partial charge >= 0.3 is 11.7 Å². The molecule has 0 spiro atoms. The maximum Gasteiger partial charge on any atom is 0.349 e. The molecule has 9 heteroatoms. The summed E-state index contributed by atoms with van der Waals surface area (Å²) < 4.78 is 1.84. The van der Waals surface area contributed by atoms with Gasteiger partial charge in [-0.25, -0.2) is 9.78 Å². The Morgan fingerprint density at radius 1 is 1.19 bits per heavy atom. The number of hydrogen-bond acceptors (Lipinski definition) is 6. The summed E-state index contributed by atoms with van der Waals surface area (Å²) in [6.45, 7) is 9.01. The molecule has 4 rings (SSSR count). The van der Waals surface area contributed by atoms with Gasteiger partial charge in [-0.1, -0.05) is 13.8 Å². The van der Waals surface area contributed by atoms with Crippen LogP contribution in [0.4, 0.5) is 0 Å². The zero-order chi connectivity index (χ0) is 22.7. The van der Waals surface area contributed by atoms with Crippen molar-refractivity contribution in [2.75, 3.05) is 6.54 Å². The summed E-state index contributed by atoms with van der Waals surface area (Å²) in [5.41, 5.74) is 2.48. The molecule has 1 aliphatic carbocycles. The third-order valence-corrected chi connectivity index (χ3v) is 5.77. The maximum atomic E-state index is 12.3. The van der Waals surface area contributed by atoms with Crippen molar-refractivity contribution in [2.24, 2.45) is 5.92 Å². The number of aryl methyl sites for hydroxylation is 2. The number of H-pyrrole nitrogens is 1. The van der Waals surface area contributed by atoms with Crippen molar-refractivity contribution >= 4 is 17.0 Å². The smallest absolute Gasteiger partial charge is 0.349 e. The third kappa shape index (κ3) is 4.66. The average molecular weight is 428 g/mol. The normalized spacial score (nSPS) is 18.2. The maximum absolute atomic E-state index is 12.3. The van der Waals surface area contributed by atoms with Crippen LogP contribution in [-0.4, -0.2) is 43.2 Å². The predicted molar refractivity (Wildman–Crippen MR) is 119 cm³/mol. The second kappa shape index (κ2) is 9.38. The Morgan fingerprint density at radius 2 is 1.90 bits per heavy atom. The highest BCUT2D eigenvalue weighted by Gasteiger charge is 2.29. The number of benzene rings is 1. The van der Waals surface area contributed by atoms with Gasteiger partial charge in [0.25, 0.3) is 5.56 Å². The third-order valence-electron chi connectivity index (χ3n) is 5.77. The van der Waals surface area contributed by atoms with Crippen molar-refractivity contribution in [1.29, 1.82) is 0 Å². The van der Waals surface area contributed by atoms with E-state index < -0.39 is 17.2 Å². The Balaban J connectivity index is 0.00000132. The van der Waals surface area contributed by atoms with Crippen LogP contribution in [-0.2, 0) is 11.3 Å². The minimum absolute atomic E-state index is 0.132. The van der Waals surface area contributed by atoms with Crippen LogP contribution in [0.3, 0.4) is 0 Å². The van der Waals surface area contributed by atoms with Gasteiger partial charge in [0.15, 0.2) is 11.5 Å². The van der Waals surface area contributed by atoms with Crippen LogP contribution >= 0.6 is 0 Å². The van der Waals surface area contributed by atoms with E-state index in [0.29, 0.717) is 31.4 Å². The summed E-state index contributed by atoms with van der Waals surface area (Å²) in [6, 6.07) is 4.06. The Bertz CT molecular complexity index is 1180. The van der Waals surface area contributed by atoms with E-state index in [1.54, 1.807) is 0 Å². The molecule has 2 atom stereocenters. The van der Waals surface area contributed by atoms with Crippen molar-refractivity contribution in [2.45, 2.75) is 59.5 Å². The molecule has 2 heterocycles. The zero-order valence-corrected chi connectivity index (χ0v) is 18.4. The summed E-state index contributed by atoms with van der Waals surface area (Å²) in [6.07, 6.45) is 2.11. The minimum Gasteiger partial charge on any atom is -0.481 e. The second-order valence-corrected chi connectivity index (χ2v) is 7.73. The van der Waals surface area contributed by atoms with Crippen molar-refractivity contribution in [3.8, 4) is 11.5 Å². The van der Waals surface area contributed by atoms with Gasteiger partial charge in [0.05, 0.1) is 17.0 Å². The lowest BCUT2D eigenvalue weighted by Gasteiger charge is -2.19. The molecule has 2 aliphatic heterocycles. The van der Waals surface area contributed by atoms with Crippen LogP contribution < -0.4 is 16.6 Å². The number of aromatic nitrogens is 4. The van der Waals surface area contributed by atoms with E-state index in [0.717, 1.165) is 23.1 Å². The van der Waals surface area contributed by atoms with Gasteiger partial charge in [0.1, 0.15) is 0 Å². The van der Waals surface area contributed by atoms with E-state index in [2.05, 4.69) is 20.3 Å². The van der Waals surface area contributed by atoms with Gasteiger partial charge in [0.2, 0.25) is 0 Å². The highest BCUT2D eigenvalue weighted by molar-refractivity contribution is 5.81. The van der Waals surface area contributed by atoms with Crippen LogP contribution in [0.5, 0.6) is 0 Å². The molecule has 166 valence electrons. The number of nitrogens with one attached hydrogen (secondary N) is 2. The molecule has 3 aliphatic rings. The highest BCUT2D eigenvalue weighted by Crippen LogP contribution is 2.26. The number of hydrogen-bond donors (Lipinski definition) is 3. The lowest BCUT2D eigenvalue weighted by atomic mass is 10.1. The quantitative estimate of drug-likeness (QED) is 0.531. The van der Waals surface area contributed by atoms with Gasteiger partial charge in [-0.3, -0.25) is 14.6 Å². The molecule has 0 radical (unpaired) electrons. The first-order valence-electron chi connectivity index (χ1n) is 10.7. The van der Waals surface area contributed by atoms with E-state index in [4.69, 9.17) is 5.11 Å². The molecule has 3 N–H and O–H groups in total. The van der Waals surface area contributed by atoms with Crippen LogP contribution in [0.2, 0.25) is 0 Å². The van der Waals surface area contributed by atoms with Gasteiger partial charge in [-0.2, -0.15) is 4.98 Å². The molecule has 31 heavy (non-hydrogen) atoms. The fourth-order valence-corrected chi connectivity index (χ4v) is 4.05. The van der Waals surface area contributed by atoms with E-state index >= 15 is 0 Å². The average Bonchev–Trinajstić information content (AvgIpc) is 3.20. The number of carboxylic acid groups (broad SMARTS) is 1. The monoisotopic (exact) mass is 427 g/mol. The summed E-state index contributed by atoms with van der Waals surface area (Å²) in [4.78, 5) is 45.9. The standard InChI is InChI=1S/C20H23N5O4.C2H6/c1-10-7-14-15(8-11(10)2)25(17-16(22-14)18(26)24-20(29)23-17)6-5-21-13-4-3-12(9-13)19(27)28;1-2/h7-8,12-13,21H,3-6,9H2,1-2H3,(H,27,28)(H,24,26,29);1-2H3/t12-,13+;/m1./s1. The Hall–Kier alpha value is -3.07. The van der Waals surface area contributed by atoms with Gasteiger partial charge in [-0.15, -0.1) is 0 Å². The number of aromatic amines is 1. The fourth-order valence-electron chi connectivity index (χ4n) is 4.05. The van der Waals surface area contributed by atoms with E-state index in [-0.39, 0.29) is 23.5 Å². The van der Waals surface area contributed by atoms with Crippen LogP contribution in [0.25, 0.3) is 22.6 Å². The Labute approximate surface area is 179 Å². The van der Waals surface area contributed by atoms with Crippen LogP contribution in [0, 0.1) is 19.8 Å². The summed E-state index contributed by atoms with van der Waals surface area (Å²) >= 11 is 0. The van der Waals surface area contributed by atoms with Gasteiger partial charge < -0.3 is 15.0 Å². The predicted octanol–water partition coefficient (Wildman–Crippen LogP) is 2.07. The van der Waals surface area contributed by atoms with E-state index in [1.807, 2.05) is 44.4 Å². The van der Waals surface area contributed by atoms with Gasteiger partial charge in [-0.05, 0) is 56.4 Å². The Kier molecular flexibility index (Phi) is 6.84. The lowest BCUT2D eigenvalue weighted by molar-refractivity contribution is -0.141. The molecule has 1 fully saturated rings. The Morgan fingerprint density at radius 3 is 2.58 bits per heavy atom. The van der Waals surface area contributed by atoms with Crippen molar-refractivity contribution < 1.29 is 9.90 Å². The van der Waals surface area contributed by atoms with Crippen molar-refractivity contribution in [1.82, 2.24) is 24.8 Å². The molecule has 0 saturated heterocycles. The number of fused-ring (bicyclic) bond motifs is 2. The zero-order valence-electron chi connectivity index (χ0n) is 18.4. The number of aliphatic carboxylic acids is 1. The topological polar surface area (TPSA) is 130 Å². The SMILES string of the molecule is CC.Cc1cc2nc3c(=O)[nH]c(=O)nc-3n(CCN[C@H]3CC[C@@H](C(=O)O)C3)c2cc1C. The summed E-state index contributed by atoms with van der Waals surface area (Å²) in [5.74, 6) is -0.783. The van der Waals surface area contributed by atoms with Crippen LogP contribution in [0.1, 0.15) is 44.2 Å². The molecule has 9 nitrogen and oxygen atoms in total. The van der Waals surface area contributed by atoms with Crippen LogP contribution in [0.15, 0.2) is 21.7 Å². The van der Waals surface area contributed by atoms with E-state index in [1.165, 1.54) is 0 Å². The molecule has 0 unspecified atom stereocenters. The van der Waals surface area contributed by atoms with Crippen molar-refractivity contribution in [3.05, 3.63) is 44.1 Å². The van der Waals surface area contributed by atoms with Gasteiger partial charge in [0, 0.05) is 19.1 Å². The number of nitrogens with zero attached hydrogens (tertiary/aromatic N) is 3. The molecule has 1 saturated carbocycles. The molecular formula is C22H29N5O4. The second-order valence-electron chi connectivity index (χ2n) is 7.73. The number of carboxylic acids is 1. The molecule has 1 aromatic carbocycles. The summed E-state index contributed by atoms with van der Waals surface area (Å²) in [7, 11) is 0. The molecular weight excluding hydrogens is 398 g/mol. The first kappa shape index (κ1) is 22.6. The lowest BCUT2D eigenvalue weighted by Crippen LogP contribution is -2.33. The molecule has 0 aromatic heterocycles. The van der Waals surface area contributed by atoms with Crippen molar-refractivity contribution in [3.63, 3.8) is 0 Å². The fraction of sp³-hybridized carbons (Fsp3) is 0.500. The van der Waals surface area contributed by atoms with E-state index in [9.17, 15) is 14.4 Å². The summed E-state index contributed by atoms with van der Waals surface area (Å²) in [5, 5.41) is 12.6. The number of rotatable bonds is 5. The first-order valence-corrected chi connectivity index (χ1v) is 10.7. The largest absolute Gasteiger partial charge is 0.481 e. The molecule has 0 bridgehead atoms. The highest BCUT2D eigenvalue weighted by atomic mass is 16.4. The number of carbonyl (C=O) groups is 1. The first-order chi connectivity index (χ1) is 14.8. The molecule has 1 aromatic rings. The minimum atomic E-state index is -0.743.